The molecule has 46 heavy (non-hydrogen) atoms. The molecule has 1 fully saturated rings. The minimum absolute atomic E-state index is 0.0490. The molecule has 15 nitrogen and oxygen atoms in total. The number of nitrogens with one attached hydrogen (secondary N) is 3. The molecule has 0 radical (unpaired) electrons. The van der Waals surface area contributed by atoms with Crippen molar-refractivity contribution in [1.82, 2.24) is 20.3 Å². The van der Waals surface area contributed by atoms with E-state index in [2.05, 4.69) is 26.3 Å². The van der Waals surface area contributed by atoms with Crippen molar-refractivity contribution in [2.75, 3.05) is 52.7 Å². The van der Waals surface area contributed by atoms with E-state index in [1.807, 2.05) is 0 Å². The minimum Gasteiger partial charge on any atom is -0.733 e. The fraction of sp³-hybridized carbons (Fsp3) is 0.241. The number of hydrogen-bond acceptors (Lipinski definition) is 11. The summed E-state index contributed by atoms with van der Waals surface area (Å²) in [6, 6.07) is 15.6. The molecule has 1 aromatic heterocycles. The monoisotopic (exact) mass is 669 g/mol. The molecule has 0 spiro atoms. The summed E-state index contributed by atoms with van der Waals surface area (Å²) in [6.07, 6.45) is 0.520. The molecule has 1 aliphatic rings. The highest BCUT2D eigenvalue weighted by molar-refractivity contribution is 7.93. The van der Waals surface area contributed by atoms with Gasteiger partial charge in [0, 0.05) is 37.8 Å². The van der Waals surface area contributed by atoms with Crippen LogP contribution < -0.4 is 30.2 Å². The number of methoxy groups -OCH3 is 1. The molecule has 4 aromatic rings. The zero-order chi connectivity index (χ0) is 33.0. The first kappa shape index (κ1) is 32.5. The van der Waals surface area contributed by atoms with E-state index in [1.54, 1.807) is 31.3 Å². The summed E-state index contributed by atoms with van der Waals surface area (Å²) in [7, 11) is -0.258. The van der Waals surface area contributed by atoms with Gasteiger partial charge in [-0.15, -0.1) is 5.10 Å². The molecule has 4 N–H and O–H groups in total. The van der Waals surface area contributed by atoms with Crippen molar-refractivity contribution in [1.29, 1.82) is 0 Å². The number of hydrogen-bond donors (Lipinski definition) is 4. The maximum Gasteiger partial charge on any atom is 0.271 e. The Morgan fingerprint density at radius 1 is 1.09 bits per heavy atom. The van der Waals surface area contributed by atoms with Crippen LogP contribution in [-0.4, -0.2) is 72.9 Å². The molecule has 0 aliphatic carbocycles. The topological polar surface area (TPSA) is 194 Å². The first-order valence-electron chi connectivity index (χ1n) is 14.0. The van der Waals surface area contributed by atoms with Crippen molar-refractivity contribution in [3.63, 3.8) is 0 Å². The summed E-state index contributed by atoms with van der Waals surface area (Å²) in [6.45, 7) is 0.693. The molecule has 2 heterocycles. The van der Waals surface area contributed by atoms with Crippen LogP contribution in [0.15, 0.2) is 60.7 Å². The lowest BCUT2D eigenvalue weighted by Gasteiger charge is -2.26. The highest BCUT2D eigenvalue weighted by Gasteiger charge is 2.28. The van der Waals surface area contributed by atoms with Gasteiger partial charge >= 0.3 is 0 Å². The Labute approximate surface area is 269 Å². The van der Waals surface area contributed by atoms with Crippen LogP contribution in [0.4, 0.5) is 22.7 Å². The van der Waals surface area contributed by atoms with Crippen molar-refractivity contribution in [2.45, 2.75) is 6.42 Å². The number of halogens is 1. The molecule has 3 aromatic carbocycles. The highest BCUT2D eigenvalue weighted by Crippen LogP contribution is 2.35. The Morgan fingerprint density at radius 3 is 2.50 bits per heavy atom. The average Bonchev–Trinajstić information content (AvgIpc) is 3.60. The summed E-state index contributed by atoms with van der Waals surface area (Å²) in [5.41, 5.74) is 1.76. The van der Waals surface area contributed by atoms with Gasteiger partial charge < -0.3 is 31.1 Å². The molecule has 1 saturated heterocycles. The number of aromatic nitrogens is 3. The van der Waals surface area contributed by atoms with Crippen LogP contribution in [-0.2, 0) is 17.1 Å². The van der Waals surface area contributed by atoms with Crippen LogP contribution >= 0.6 is 11.6 Å². The van der Waals surface area contributed by atoms with Gasteiger partial charge in [0.25, 0.3) is 11.8 Å². The van der Waals surface area contributed by atoms with Gasteiger partial charge in [0.1, 0.15) is 11.4 Å². The van der Waals surface area contributed by atoms with Gasteiger partial charge in [-0.3, -0.25) is 19.1 Å². The third-order valence-corrected chi connectivity index (χ3v) is 9.37. The summed E-state index contributed by atoms with van der Waals surface area (Å²) in [4.78, 5) is 26.1. The molecule has 0 unspecified atom stereocenters. The number of rotatable bonds is 11. The van der Waals surface area contributed by atoms with Gasteiger partial charge in [-0.2, -0.15) is 0 Å². The van der Waals surface area contributed by atoms with Crippen LogP contribution in [0, 0.1) is 5.21 Å². The van der Waals surface area contributed by atoms with Crippen LogP contribution in [0.2, 0.25) is 5.02 Å². The Kier molecular flexibility index (Phi) is 9.62. The predicted molar refractivity (Wildman–Crippen MR) is 173 cm³/mol. The van der Waals surface area contributed by atoms with E-state index < -0.39 is 27.1 Å². The molecular formula is C29H30ClN8O7S-. The number of para-hydroxylation sites is 1. The van der Waals surface area contributed by atoms with Gasteiger partial charge in [0.15, 0.2) is 5.69 Å². The third-order valence-electron chi connectivity index (χ3n) is 7.19. The lowest BCUT2D eigenvalue weighted by Crippen LogP contribution is -2.30. The zero-order valence-electron chi connectivity index (χ0n) is 24.7. The quantitative estimate of drug-likeness (QED) is 0.135. The second kappa shape index (κ2) is 13.6. The number of ether oxygens (including phenoxy) is 1. The number of amides is 2. The van der Waals surface area contributed by atoms with Crippen molar-refractivity contribution in [3.05, 3.63) is 82.2 Å². The maximum absolute atomic E-state index is 13.1. The van der Waals surface area contributed by atoms with Gasteiger partial charge in [0.05, 0.1) is 40.6 Å². The summed E-state index contributed by atoms with van der Waals surface area (Å²) >= 11 is 6.34. The van der Waals surface area contributed by atoms with E-state index in [0.717, 1.165) is 0 Å². The van der Waals surface area contributed by atoms with Crippen LogP contribution in [0.1, 0.15) is 27.3 Å². The van der Waals surface area contributed by atoms with E-state index in [1.165, 1.54) is 52.5 Å². The number of nitrogens with zero attached hydrogens (tertiary/aromatic N) is 5. The number of anilines is 4. The standard InChI is InChI=1S/C29H30ClN8O7S/c1-36-27(26(34-35-36)20-6-3-4-7-25(20)45-2)29(40)32-13-12-31-22-17-23(24(38(41)42)16-21(22)30)33-28(39)18-8-10-19(11-9-18)37-14-5-15-46(37,43)44/h3-4,6-11,16-17,31,41H,5,12-15H2,1-2H3,(H,32,40)(H,33,39)/q-1. The first-order valence-corrected chi connectivity index (χ1v) is 16.0. The van der Waals surface area contributed by atoms with Crippen molar-refractivity contribution in [3.8, 4) is 17.0 Å². The molecule has 2 amide bonds. The fourth-order valence-corrected chi connectivity index (χ4v) is 6.74. The molecule has 242 valence electrons. The third kappa shape index (κ3) is 6.84. The molecule has 17 heteroatoms. The average molecular weight is 670 g/mol. The highest BCUT2D eigenvalue weighted by atomic mass is 35.5. The second-order valence-corrected chi connectivity index (χ2v) is 12.6. The lowest BCUT2D eigenvalue weighted by molar-refractivity contribution is 0.0945. The van der Waals surface area contributed by atoms with Gasteiger partial charge in [-0.1, -0.05) is 28.9 Å². The van der Waals surface area contributed by atoms with E-state index in [-0.39, 0.29) is 46.5 Å². The van der Waals surface area contributed by atoms with E-state index in [4.69, 9.17) is 16.3 Å². The summed E-state index contributed by atoms with van der Waals surface area (Å²) in [5, 5.41) is 37.7. The Hall–Kier alpha value is -4.90. The number of aryl methyl sites for hydroxylation is 1. The van der Waals surface area contributed by atoms with Crippen molar-refractivity contribution in [2.24, 2.45) is 7.05 Å². The Morgan fingerprint density at radius 2 is 1.83 bits per heavy atom. The lowest BCUT2D eigenvalue weighted by atomic mass is 10.1. The zero-order valence-corrected chi connectivity index (χ0v) is 26.3. The molecule has 0 bridgehead atoms. The van der Waals surface area contributed by atoms with Crippen LogP contribution in [0.25, 0.3) is 11.3 Å². The summed E-state index contributed by atoms with van der Waals surface area (Å²) < 4.78 is 32.5. The molecule has 0 atom stereocenters. The minimum atomic E-state index is -3.38. The normalized spacial score (nSPS) is 13.7. The predicted octanol–water partition coefficient (Wildman–Crippen LogP) is 3.47. The van der Waals surface area contributed by atoms with E-state index in [0.29, 0.717) is 41.3 Å². The Bertz CT molecular complexity index is 1870. The van der Waals surface area contributed by atoms with Crippen LogP contribution in [0.3, 0.4) is 0 Å². The molecular weight excluding hydrogens is 640 g/mol. The number of carbonyl (C=O) groups is 2. The van der Waals surface area contributed by atoms with E-state index in [9.17, 15) is 28.4 Å². The number of carbonyl (C=O) groups excluding carboxylic acids is 2. The second-order valence-electron chi connectivity index (χ2n) is 10.2. The van der Waals surface area contributed by atoms with Gasteiger partial charge in [0.2, 0.25) is 10.0 Å². The molecule has 0 saturated carbocycles. The van der Waals surface area contributed by atoms with Gasteiger partial charge in [-0.25, -0.2) is 13.1 Å². The molecule has 1 aliphatic heterocycles. The number of benzene rings is 3. The molecule has 5 rings (SSSR count). The Balaban J connectivity index is 1.25. The van der Waals surface area contributed by atoms with Crippen molar-refractivity contribution >= 4 is 56.2 Å². The SMILES string of the molecule is COc1ccccc1-c1nnn(C)c1C(=O)NCCNc1cc(NC(=O)c2ccc(N3CCCS3(=O)=O)cc2)c(N([O-])O)cc1Cl. The first-order chi connectivity index (χ1) is 22.0. The largest absolute Gasteiger partial charge is 0.733 e. The van der Waals surface area contributed by atoms with Gasteiger partial charge in [-0.05, 0) is 55.0 Å². The summed E-state index contributed by atoms with van der Waals surface area (Å²) in [5.74, 6) is -0.444. The maximum atomic E-state index is 13.1. The number of sulfonamides is 1. The van der Waals surface area contributed by atoms with Crippen molar-refractivity contribution < 1.29 is 28.0 Å². The van der Waals surface area contributed by atoms with Crippen LogP contribution in [0.5, 0.6) is 5.75 Å². The smallest absolute Gasteiger partial charge is 0.271 e. The fourth-order valence-electron chi connectivity index (χ4n) is 4.95. The van der Waals surface area contributed by atoms with E-state index >= 15 is 0 Å².